The highest BCUT2D eigenvalue weighted by atomic mass is 16.5. The molecule has 1 unspecified atom stereocenters. The van der Waals surface area contributed by atoms with Crippen molar-refractivity contribution in [2.45, 2.75) is 64.9 Å². The fourth-order valence-corrected chi connectivity index (χ4v) is 1.27. The summed E-state index contributed by atoms with van der Waals surface area (Å²) in [5, 5.41) is 8.41. The molecule has 4 heteroatoms. The van der Waals surface area contributed by atoms with E-state index in [0.29, 0.717) is 12.8 Å². The first-order chi connectivity index (χ1) is 7.56. The molecule has 0 fully saturated rings. The van der Waals surface area contributed by atoms with Gasteiger partial charge in [-0.15, -0.1) is 0 Å². The summed E-state index contributed by atoms with van der Waals surface area (Å²) in [6.07, 6.45) is 4.73. The first-order valence-electron chi connectivity index (χ1n) is 5.97. The molecule has 1 N–H and O–H groups in total. The van der Waals surface area contributed by atoms with Gasteiger partial charge in [-0.25, -0.2) is 0 Å². The van der Waals surface area contributed by atoms with Crippen molar-refractivity contribution in [2.75, 3.05) is 0 Å². The molecule has 0 aliphatic heterocycles. The van der Waals surface area contributed by atoms with Crippen LogP contribution in [0.15, 0.2) is 0 Å². The number of hydrogen-bond acceptors (Lipinski definition) is 3. The van der Waals surface area contributed by atoms with Gasteiger partial charge < -0.3 is 9.84 Å². The Morgan fingerprint density at radius 1 is 1.12 bits per heavy atom. The molecular weight excluding hydrogens is 208 g/mol. The maximum Gasteiger partial charge on any atom is 0.306 e. The molecule has 0 aromatic carbocycles. The van der Waals surface area contributed by atoms with Crippen LogP contribution in [0.4, 0.5) is 0 Å². The molecule has 0 saturated carbocycles. The zero-order chi connectivity index (χ0) is 12.4. The van der Waals surface area contributed by atoms with E-state index >= 15 is 0 Å². The first-order valence-corrected chi connectivity index (χ1v) is 5.97. The smallest absolute Gasteiger partial charge is 0.306 e. The van der Waals surface area contributed by atoms with E-state index in [9.17, 15) is 9.59 Å². The average Bonchev–Trinajstić information content (AvgIpc) is 2.22. The van der Waals surface area contributed by atoms with Crippen LogP contribution in [0.25, 0.3) is 0 Å². The Labute approximate surface area is 97.0 Å². The van der Waals surface area contributed by atoms with Crippen molar-refractivity contribution in [1.29, 1.82) is 0 Å². The summed E-state index contributed by atoms with van der Waals surface area (Å²) in [4.78, 5) is 21.5. The predicted octanol–water partition coefficient (Wildman–Crippen LogP) is 2.75. The van der Waals surface area contributed by atoms with Crippen molar-refractivity contribution in [3.8, 4) is 0 Å². The van der Waals surface area contributed by atoms with E-state index in [1.165, 1.54) is 0 Å². The summed E-state index contributed by atoms with van der Waals surface area (Å²) >= 11 is 0. The second-order valence-corrected chi connectivity index (χ2v) is 4.02. The summed E-state index contributed by atoms with van der Waals surface area (Å²) in [7, 11) is 0. The molecule has 0 radical (unpaired) electrons. The van der Waals surface area contributed by atoms with Gasteiger partial charge in [0.1, 0.15) is 0 Å². The van der Waals surface area contributed by atoms with Crippen LogP contribution in [0.5, 0.6) is 0 Å². The number of unbranched alkanes of at least 4 members (excludes halogenated alkanes) is 3. The van der Waals surface area contributed by atoms with Crippen LogP contribution in [0.1, 0.15) is 58.8 Å². The van der Waals surface area contributed by atoms with Crippen LogP contribution >= 0.6 is 0 Å². The zero-order valence-electron chi connectivity index (χ0n) is 10.2. The molecule has 94 valence electrons. The second-order valence-electron chi connectivity index (χ2n) is 4.02. The van der Waals surface area contributed by atoms with Crippen LogP contribution < -0.4 is 0 Å². The SMILES string of the molecule is CCC(C)OC(=O)CCCCCCC(=O)O. The van der Waals surface area contributed by atoms with E-state index in [4.69, 9.17) is 9.84 Å². The summed E-state index contributed by atoms with van der Waals surface area (Å²) < 4.78 is 5.11. The molecule has 0 rings (SSSR count). The van der Waals surface area contributed by atoms with Crippen molar-refractivity contribution in [3.05, 3.63) is 0 Å². The van der Waals surface area contributed by atoms with Crippen molar-refractivity contribution in [1.82, 2.24) is 0 Å². The fraction of sp³-hybridized carbons (Fsp3) is 0.833. The van der Waals surface area contributed by atoms with Crippen molar-refractivity contribution in [2.24, 2.45) is 0 Å². The average molecular weight is 230 g/mol. The molecule has 1 atom stereocenters. The van der Waals surface area contributed by atoms with Gasteiger partial charge in [-0.2, -0.15) is 0 Å². The number of hydrogen-bond donors (Lipinski definition) is 1. The van der Waals surface area contributed by atoms with Crippen LogP contribution in [0, 0.1) is 0 Å². The van der Waals surface area contributed by atoms with E-state index in [1.807, 2.05) is 13.8 Å². The van der Waals surface area contributed by atoms with Gasteiger partial charge in [-0.1, -0.05) is 19.8 Å². The molecule has 0 aromatic heterocycles. The van der Waals surface area contributed by atoms with Gasteiger partial charge in [-0.05, 0) is 26.2 Å². The molecule has 4 nitrogen and oxygen atoms in total. The van der Waals surface area contributed by atoms with Crippen molar-refractivity contribution >= 4 is 11.9 Å². The number of carboxylic acid groups (broad SMARTS) is 1. The van der Waals surface area contributed by atoms with E-state index < -0.39 is 5.97 Å². The van der Waals surface area contributed by atoms with Crippen LogP contribution in [0.2, 0.25) is 0 Å². The van der Waals surface area contributed by atoms with Gasteiger partial charge >= 0.3 is 11.9 Å². The summed E-state index contributed by atoms with van der Waals surface area (Å²) in [5.74, 6) is -0.899. The number of carbonyl (C=O) groups is 2. The molecule has 0 heterocycles. The molecule has 0 aromatic rings. The van der Waals surface area contributed by atoms with E-state index in [0.717, 1.165) is 25.7 Å². The lowest BCUT2D eigenvalue weighted by Gasteiger charge is -2.10. The summed E-state index contributed by atoms with van der Waals surface area (Å²) in [6.45, 7) is 3.86. The van der Waals surface area contributed by atoms with E-state index in [2.05, 4.69) is 0 Å². The summed E-state index contributed by atoms with van der Waals surface area (Å²) in [6, 6.07) is 0. The third kappa shape index (κ3) is 9.49. The molecule has 0 spiro atoms. The summed E-state index contributed by atoms with van der Waals surface area (Å²) in [5.41, 5.74) is 0. The normalized spacial score (nSPS) is 12.1. The number of ether oxygens (including phenoxy) is 1. The highest BCUT2D eigenvalue weighted by Crippen LogP contribution is 2.07. The number of rotatable bonds is 9. The Bertz CT molecular complexity index is 213. The van der Waals surface area contributed by atoms with Gasteiger partial charge in [-0.3, -0.25) is 9.59 Å². The lowest BCUT2D eigenvalue weighted by Crippen LogP contribution is -2.13. The molecule has 0 amide bonds. The first kappa shape index (κ1) is 14.9. The Morgan fingerprint density at radius 2 is 1.69 bits per heavy atom. The largest absolute Gasteiger partial charge is 0.481 e. The van der Waals surface area contributed by atoms with E-state index in [1.54, 1.807) is 0 Å². The Hall–Kier alpha value is -1.06. The molecule has 0 saturated heterocycles. The molecule has 0 bridgehead atoms. The lowest BCUT2D eigenvalue weighted by atomic mass is 10.1. The quantitative estimate of drug-likeness (QED) is 0.488. The number of aliphatic carboxylic acids is 1. The lowest BCUT2D eigenvalue weighted by molar-refractivity contribution is -0.148. The Morgan fingerprint density at radius 3 is 2.19 bits per heavy atom. The predicted molar refractivity (Wildman–Crippen MR) is 61.2 cm³/mol. The minimum Gasteiger partial charge on any atom is -0.481 e. The standard InChI is InChI=1S/C12H22O4/c1-3-10(2)16-12(15)9-7-5-4-6-8-11(13)14/h10H,3-9H2,1-2H3,(H,13,14). The highest BCUT2D eigenvalue weighted by molar-refractivity contribution is 5.69. The highest BCUT2D eigenvalue weighted by Gasteiger charge is 2.06. The molecule has 0 aliphatic rings. The number of esters is 1. The van der Waals surface area contributed by atoms with Gasteiger partial charge in [0.25, 0.3) is 0 Å². The van der Waals surface area contributed by atoms with Crippen LogP contribution in [0.3, 0.4) is 0 Å². The van der Waals surface area contributed by atoms with Gasteiger partial charge in [0, 0.05) is 12.8 Å². The number of carboxylic acids is 1. The second kappa shape index (κ2) is 9.19. The Kier molecular flexibility index (Phi) is 8.58. The van der Waals surface area contributed by atoms with Gasteiger partial charge in [0.05, 0.1) is 6.10 Å². The van der Waals surface area contributed by atoms with Crippen molar-refractivity contribution < 1.29 is 19.4 Å². The zero-order valence-corrected chi connectivity index (χ0v) is 10.2. The maximum atomic E-state index is 11.2. The maximum absolute atomic E-state index is 11.2. The van der Waals surface area contributed by atoms with Crippen LogP contribution in [-0.4, -0.2) is 23.1 Å². The van der Waals surface area contributed by atoms with E-state index in [-0.39, 0.29) is 18.5 Å². The monoisotopic (exact) mass is 230 g/mol. The van der Waals surface area contributed by atoms with Gasteiger partial charge in [0.15, 0.2) is 0 Å². The van der Waals surface area contributed by atoms with Crippen molar-refractivity contribution in [3.63, 3.8) is 0 Å². The topological polar surface area (TPSA) is 63.6 Å². The minimum absolute atomic E-state index is 0.000453. The third-order valence-corrected chi connectivity index (χ3v) is 2.43. The minimum atomic E-state index is -0.754. The molecule has 0 aliphatic carbocycles. The Balaban J connectivity index is 3.31. The molecular formula is C12H22O4. The van der Waals surface area contributed by atoms with Gasteiger partial charge in [0.2, 0.25) is 0 Å². The van der Waals surface area contributed by atoms with Crippen LogP contribution in [-0.2, 0) is 14.3 Å². The molecule has 16 heavy (non-hydrogen) atoms. The third-order valence-electron chi connectivity index (χ3n) is 2.43. The fourth-order valence-electron chi connectivity index (χ4n) is 1.27. The number of carbonyl (C=O) groups excluding carboxylic acids is 1.